The molecule has 202 valence electrons. The summed E-state index contributed by atoms with van der Waals surface area (Å²) in [5.74, 6) is -0.376. The molecule has 2 aliphatic heterocycles. The topological polar surface area (TPSA) is 61.6 Å². The number of oxazole rings is 1. The van der Waals surface area contributed by atoms with Crippen molar-refractivity contribution in [2.24, 2.45) is 11.3 Å². The molecule has 1 N–H and O–H groups in total. The number of aromatic nitrogens is 1. The Bertz CT molecular complexity index is 1160. The minimum atomic E-state index is -4.51. The van der Waals surface area contributed by atoms with E-state index in [1.807, 2.05) is 24.0 Å². The van der Waals surface area contributed by atoms with Gasteiger partial charge in [0.2, 0.25) is 0 Å². The molecular formula is C28H37F3N4O2. The summed E-state index contributed by atoms with van der Waals surface area (Å²) in [7, 11) is 0. The summed E-state index contributed by atoms with van der Waals surface area (Å²) in [6.07, 6.45) is 0.634. The first-order valence-corrected chi connectivity index (χ1v) is 13.5. The van der Waals surface area contributed by atoms with E-state index in [2.05, 4.69) is 36.0 Å². The second-order valence-electron chi connectivity index (χ2n) is 11.4. The lowest BCUT2D eigenvalue weighted by atomic mass is 9.75. The normalized spacial score (nSPS) is 22.8. The molecule has 2 fully saturated rings. The van der Waals surface area contributed by atoms with Crippen LogP contribution in [0.3, 0.4) is 0 Å². The van der Waals surface area contributed by atoms with E-state index in [0.717, 1.165) is 37.3 Å². The van der Waals surface area contributed by atoms with Crippen molar-refractivity contribution in [3.05, 3.63) is 34.7 Å². The molecular weight excluding hydrogens is 481 g/mol. The Morgan fingerprint density at radius 2 is 1.95 bits per heavy atom. The SMILES string of the molecule is CCC1(CC)CN(c2nc(C(=O)Nc3cc(C)c4c(c3)CCN4C3CCC(C)C3)c(CC(F)(F)F)o2)C1. The molecule has 0 radical (unpaired) electrons. The van der Waals surface area contributed by atoms with Crippen LogP contribution in [0.1, 0.15) is 80.3 Å². The van der Waals surface area contributed by atoms with Crippen LogP contribution in [0.4, 0.5) is 30.6 Å². The number of nitrogens with zero attached hydrogens (tertiary/aromatic N) is 3. The summed E-state index contributed by atoms with van der Waals surface area (Å²) in [6, 6.07) is 4.50. The molecule has 2 aromatic rings. The highest BCUT2D eigenvalue weighted by Crippen LogP contribution is 2.42. The molecule has 1 amide bonds. The Morgan fingerprint density at radius 1 is 1.22 bits per heavy atom. The predicted molar refractivity (Wildman–Crippen MR) is 138 cm³/mol. The van der Waals surface area contributed by atoms with Gasteiger partial charge in [0, 0.05) is 42.5 Å². The van der Waals surface area contributed by atoms with E-state index < -0.39 is 24.3 Å². The lowest BCUT2D eigenvalue weighted by molar-refractivity contribution is -0.130. The molecule has 3 heterocycles. The molecule has 3 aliphatic rings. The quantitative estimate of drug-likeness (QED) is 0.452. The molecule has 9 heteroatoms. The van der Waals surface area contributed by atoms with Crippen LogP contribution in [-0.2, 0) is 12.8 Å². The van der Waals surface area contributed by atoms with Crippen molar-refractivity contribution in [2.45, 2.75) is 84.9 Å². The highest BCUT2D eigenvalue weighted by molar-refractivity contribution is 6.04. The predicted octanol–water partition coefficient (Wildman–Crippen LogP) is 6.52. The largest absolute Gasteiger partial charge is 0.427 e. The number of anilines is 3. The highest BCUT2D eigenvalue weighted by Gasteiger charge is 2.43. The summed E-state index contributed by atoms with van der Waals surface area (Å²) >= 11 is 0. The van der Waals surface area contributed by atoms with E-state index in [-0.39, 0.29) is 17.1 Å². The first-order valence-electron chi connectivity index (χ1n) is 13.5. The number of aryl methyl sites for hydroxylation is 1. The summed E-state index contributed by atoms with van der Waals surface area (Å²) in [5, 5.41) is 2.81. The van der Waals surface area contributed by atoms with Crippen molar-refractivity contribution >= 4 is 23.3 Å². The third kappa shape index (κ3) is 5.06. The Balaban J connectivity index is 1.36. The van der Waals surface area contributed by atoms with Gasteiger partial charge in [0.05, 0.1) is 0 Å². The van der Waals surface area contributed by atoms with Gasteiger partial charge in [-0.3, -0.25) is 4.79 Å². The van der Waals surface area contributed by atoms with Crippen molar-refractivity contribution in [1.82, 2.24) is 4.98 Å². The van der Waals surface area contributed by atoms with Gasteiger partial charge >= 0.3 is 6.18 Å². The number of hydrogen-bond acceptors (Lipinski definition) is 5. The van der Waals surface area contributed by atoms with Crippen LogP contribution < -0.4 is 15.1 Å². The number of amides is 1. The van der Waals surface area contributed by atoms with Crippen LogP contribution in [0.5, 0.6) is 0 Å². The minimum absolute atomic E-state index is 0.0912. The molecule has 1 saturated carbocycles. The number of halogens is 3. The number of carbonyl (C=O) groups is 1. The van der Waals surface area contributed by atoms with Gasteiger partial charge in [0.25, 0.3) is 11.9 Å². The molecule has 1 aromatic heterocycles. The standard InChI is InChI=1S/C28H37F3N4O2/c1-5-27(6-2)15-34(16-27)26-33-23(22(37-26)14-28(29,30)31)25(36)32-20-12-18(4)24-19(13-20)9-10-35(24)21-8-7-17(3)11-21/h12-13,17,21H,5-11,14-16H2,1-4H3,(H,32,36). The first kappa shape index (κ1) is 25.9. The molecule has 2 atom stereocenters. The van der Waals surface area contributed by atoms with Gasteiger partial charge in [-0.15, -0.1) is 0 Å². The second-order valence-corrected chi connectivity index (χ2v) is 11.4. The van der Waals surface area contributed by atoms with Crippen LogP contribution in [0.15, 0.2) is 16.5 Å². The smallest absolute Gasteiger partial charge is 0.396 e. The van der Waals surface area contributed by atoms with Gasteiger partial charge in [-0.1, -0.05) is 20.8 Å². The summed E-state index contributed by atoms with van der Waals surface area (Å²) < 4.78 is 45.5. The number of rotatable bonds is 7. The van der Waals surface area contributed by atoms with E-state index in [0.29, 0.717) is 24.8 Å². The Hall–Kier alpha value is -2.71. The van der Waals surface area contributed by atoms with Crippen LogP contribution in [0.25, 0.3) is 0 Å². The van der Waals surface area contributed by atoms with E-state index in [1.165, 1.54) is 30.5 Å². The first-order chi connectivity index (χ1) is 17.5. The lowest BCUT2D eigenvalue weighted by Crippen LogP contribution is -2.56. The van der Waals surface area contributed by atoms with E-state index in [9.17, 15) is 18.0 Å². The summed E-state index contributed by atoms with van der Waals surface area (Å²) in [4.78, 5) is 21.8. The molecule has 0 bridgehead atoms. The fourth-order valence-corrected chi connectivity index (χ4v) is 6.44. The molecule has 1 aromatic carbocycles. The van der Waals surface area contributed by atoms with Gasteiger partial charge in [-0.2, -0.15) is 18.2 Å². The zero-order valence-corrected chi connectivity index (χ0v) is 22.2. The number of benzene rings is 1. The summed E-state index contributed by atoms with van der Waals surface area (Å²) in [6.45, 7) is 10.8. The number of hydrogen-bond donors (Lipinski definition) is 1. The van der Waals surface area contributed by atoms with Crippen molar-refractivity contribution in [1.29, 1.82) is 0 Å². The van der Waals surface area contributed by atoms with Gasteiger partial charge in [0.1, 0.15) is 12.2 Å². The zero-order valence-electron chi connectivity index (χ0n) is 22.2. The maximum absolute atomic E-state index is 13.3. The second kappa shape index (κ2) is 9.55. The van der Waals surface area contributed by atoms with E-state index in [4.69, 9.17) is 4.42 Å². The molecule has 0 spiro atoms. The molecule has 1 saturated heterocycles. The lowest BCUT2D eigenvalue weighted by Gasteiger charge is -2.49. The van der Waals surface area contributed by atoms with Gasteiger partial charge < -0.3 is 19.5 Å². The van der Waals surface area contributed by atoms with Crippen molar-refractivity contribution in [3.8, 4) is 0 Å². The zero-order chi connectivity index (χ0) is 26.5. The number of nitrogens with one attached hydrogen (secondary N) is 1. The minimum Gasteiger partial charge on any atom is -0.427 e. The van der Waals surface area contributed by atoms with Gasteiger partial charge in [-0.25, -0.2) is 0 Å². The Kier molecular flexibility index (Phi) is 6.69. The van der Waals surface area contributed by atoms with Crippen molar-refractivity contribution in [3.63, 3.8) is 0 Å². The third-order valence-electron chi connectivity index (χ3n) is 8.74. The third-order valence-corrected chi connectivity index (χ3v) is 8.74. The average Bonchev–Trinajstić information content (AvgIpc) is 3.51. The van der Waals surface area contributed by atoms with Crippen LogP contribution >= 0.6 is 0 Å². The Labute approximate surface area is 216 Å². The van der Waals surface area contributed by atoms with Crippen LogP contribution in [0.2, 0.25) is 0 Å². The van der Waals surface area contributed by atoms with Crippen LogP contribution in [0, 0.1) is 18.3 Å². The molecule has 1 aliphatic carbocycles. The average molecular weight is 519 g/mol. The Morgan fingerprint density at radius 3 is 2.57 bits per heavy atom. The number of alkyl halides is 3. The van der Waals surface area contributed by atoms with Crippen molar-refractivity contribution < 1.29 is 22.4 Å². The number of fused-ring (bicyclic) bond motifs is 1. The van der Waals surface area contributed by atoms with Gasteiger partial charge in [-0.05, 0) is 74.6 Å². The molecule has 2 unspecified atom stereocenters. The van der Waals surface area contributed by atoms with E-state index in [1.54, 1.807) is 0 Å². The monoisotopic (exact) mass is 518 g/mol. The fourth-order valence-electron chi connectivity index (χ4n) is 6.44. The molecule has 5 rings (SSSR count). The van der Waals surface area contributed by atoms with Crippen LogP contribution in [-0.4, -0.2) is 42.7 Å². The fraction of sp³-hybridized carbons (Fsp3) is 0.643. The summed E-state index contributed by atoms with van der Waals surface area (Å²) in [5.41, 5.74) is 3.88. The van der Waals surface area contributed by atoms with E-state index >= 15 is 0 Å². The molecule has 6 nitrogen and oxygen atoms in total. The highest BCUT2D eigenvalue weighted by atomic mass is 19.4. The molecule has 37 heavy (non-hydrogen) atoms. The number of carbonyl (C=O) groups excluding carboxylic acids is 1. The maximum Gasteiger partial charge on any atom is 0.396 e. The van der Waals surface area contributed by atoms with Crippen molar-refractivity contribution in [2.75, 3.05) is 34.8 Å². The maximum atomic E-state index is 13.3. The van der Waals surface area contributed by atoms with Gasteiger partial charge in [0.15, 0.2) is 5.69 Å².